The number of hydrogen-bond acceptors (Lipinski definition) is 3. The Bertz CT molecular complexity index is 641. The first-order chi connectivity index (χ1) is 9.60. The molecule has 6 heteroatoms. The van der Waals surface area contributed by atoms with Gasteiger partial charge in [-0.15, -0.1) is 0 Å². The number of carbonyl (C=O) groups excluding carboxylic acids is 2. The minimum atomic E-state index is -0.235. The largest absolute Gasteiger partial charge is 0.355 e. The first kappa shape index (κ1) is 14.2. The first-order valence-corrected chi connectivity index (χ1v) is 6.64. The van der Waals surface area contributed by atoms with Gasteiger partial charge < -0.3 is 10.6 Å². The van der Waals surface area contributed by atoms with Crippen LogP contribution in [0.4, 0.5) is 5.69 Å². The van der Waals surface area contributed by atoms with Gasteiger partial charge in [-0.05, 0) is 52.3 Å². The zero-order chi connectivity index (χ0) is 14.5. The summed E-state index contributed by atoms with van der Waals surface area (Å²) in [7, 11) is 1.57. The topological polar surface area (TPSA) is 71.1 Å². The van der Waals surface area contributed by atoms with E-state index in [9.17, 15) is 9.59 Å². The van der Waals surface area contributed by atoms with E-state index in [0.717, 1.165) is 0 Å². The molecule has 0 unspecified atom stereocenters. The summed E-state index contributed by atoms with van der Waals surface area (Å²) >= 11 is 3.21. The summed E-state index contributed by atoms with van der Waals surface area (Å²) in [5, 5.41) is 5.29. The minimum Gasteiger partial charge on any atom is -0.355 e. The molecule has 0 atom stereocenters. The maximum atomic E-state index is 12.0. The number of amides is 2. The van der Waals surface area contributed by atoms with Gasteiger partial charge in [0.05, 0.1) is 0 Å². The number of nitrogens with one attached hydrogen (secondary N) is 2. The summed E-state index contributed by atoms with van der Waals surface area (Å²) in [5.74, 6) is -0.401. The average molecular weight is 334 g/mol. The molecule has 5 nitrogen and oxygen atoms in total. The number of aromatic nitrogens is 1. The van der Waals surface area contributed by atoms with Gasteiger partial charge in [-0.2, -0.15) is 0 Å². The molecule has 0 radical (unpaired) electrons. The molecule has 0 saturated heterocycles. The molecule has 0 aliphatic heterocycles. The fourth-order valence-electron chi connectivity index (χ4n) is 1.60. The third kappa shape index (κ3) is 3.42. The van der Waals surface area contributed by atoms with Crippen LogP contribution in [0.25, 0.3) is 0 Å². The number of benzene rings is 1. The Kier molecular flexibility index (Phi) is 4.47. The summed E-state index contributed by atoms with van der Waals surface area (Å²) in [5.41, 5.74) is 1.66. The third-order valence-electron chi connectivity index (χ3n) is 2.62. The van der Waals surface area contributed by atoms with Crippen molar-refractivity contribution >= 4 is 33.4 Å². The second-order valence-electron chi connectivity index (χ2n) is 3.98. The molecule has 0 bridgehead atoms. The Morgan fingerprint density at radius 3 is 2.35 bits per heavy atom. The van der Waals surface area contributed by atoms with Crippen molar-refractivity contribution in [3.8, 4) is 0 Å². The normalized spacial score (nSPS) is 9.90. The van der Waals surface area contributed by atoms with Crippen LogP contribution in [-0.2, 0) is 0 Å². The van der Waals surface area contributed by atoms with E-state index >= 15 is 0 Å². The number of nitrogens with zero attached hydrogens (tertiary/aromatic N) is 1. The van der Waals surface area contributed by atoms with Crippen LogP contribution in [0.1, 0.15) is 20.7 Å². The van der Waals surface area contributed by atoms with Crippen LogP contribution in [0.5, 0.6) is 0 Å². The summed E-state index contributed by atoms with van der Waals surface area (Å²) < 4.78 is 0.597. The van der Waals surface area contributed by atoms with Gasteiger partial charge in [-0.3, -0.25) is 9.59 Å². The third-order valence-corrected chi connectivity index (χ3v) is 3.05. The van der Waals surface area contributed by atoms with Crippen molar-refractivity contribution < 1.29 is 9.59 Å². The predicted molar refractivity (Wildman–Crippen MR) is 79.7 cm³/mol. The molecule has 2 N–H and O–H groups in total. The van der Waals surface area contributed by atoms with Gasteiger partial charge >= 0.3 is 0 Å². The number of carbonyl (C=O) groups is 2. The highest BCUT2D eigenvalue weighted by molar-refractivity contribution is 9.10. The zero-order valence-corrected chi connectivity index (χ0v) is 12.3. The molecule has 1 heterocycles. The molecular weight excluding hydrogens is 322 g/mol. The molecule has 0 aliphatic carbocycles. The van der Waals surface area contributed by atoms with Crippen LogP contribution >= 0.6 is 15.9 Å². The summed E-state index contributed by atoms with van der Waals surface area (Å²) in [6.45, 7) is 0. The lowest BCUT2D eigenvalue weighted by Gasteiger charge is -2.06. The predicted octanol–water partition coefficient (Wildman–Crippen LogP) is 2.46. The molecule has 1 aromatic heterocycles. The Labute approximate surface area is 124 Å². The fourth-order valence-corrected chi connectivity index (χ4v) is 1.96. The van der Waals surface area contributed by atoms with Gasteiger partial charge in [0.1, 0.15) is 4.60 Å². The summed E-state index contributed by atoms with van der Waals surface area (Å²) in [6, 6.07) is 9.92. The van der Waals surface area contributed by atoms with Gasteiger partial charge in [-0.25, -0.2) is 4.98 Å². The quantitative estimate of drug-likeness (QED) is 0.847. The van der Waals surface area contributed by atoms with Crippen molar-refractivity contribution in [3.63, 3.8) is 0 Å². The molecule has 20 heavy (non-hydrogen) atoms. The minimum absolute atomic E-state index is 0.166. The molecule has 2 amide bonds. The molecule has 2 aromatic rings. The highest BCUT2D eigenvalue weighted by atomic mass is 79.9. The Morgan fingerprint density at radius 2 is 1.75 bits per heavy atom. The van der Waals surface area contributed by atoms with E-state index in [1.54, 1.807) is 49.6 Å². The molecule has 102 valence electrons. The van der Waals surface area contributed by atoms with E-state index in [1.807, 2.05) is 0 Å². The van der Waals surface area contributed by atoms with Crippen LogP contribution in [0.2, 0.25) is 0 Å². The molecule has 0 aliphatic rings. The maximum Gasteiger partial charge on any atom is 0.255 e. The molecule has 0 saturated carbocycles. The standard InChI is InChI=1S/C14H12BrN3O2/c1-16-13(19)9-2-4-11(5-3-9)18-14(20)10-6-7-17-12(15)8-10/h2-8H,1H3,(H,16,19)(H,18,20). The summed E-state index contributed by atoms with van der Waals surface area (Å²) in [4.78, 5) is 27.4. The van der Waals surface area contributed by atoms with E-state index < -0.39 is 0 Å². The molecule has 2 rings (SSSR count). The highest BCUT2D eigenvalue weighted by Crippen LogP contribution is 2.13. The van der Waals surface area contributed by atoms with E-state index in [-0.39, 0.29) is 11.8 Å². The summed E-state index contributed by atoms with van der Waals surface area (Å²) in [6.07, 6.45) is 1.55. The molecule has 0 fully saturated rings. The van der Waals surface area contributed by atoms with Gasteiger partial charge in [0.25, 0.3) is 11.8 Å². The van der Waals surface area contributed by atoms with Crippen molar-refractivity contribution in [1.29, 1.82) is 0 Å². The smallest absolute Gasteiger partial charge is 0.255 e. The number of rotatable bonds is 3. The average Bonchev–Trinajstić information content (AvgIpc) is 2.47. The molecule has 0 spiro atoms. The SMILES string of the molecule is CNC(=O)c1ccc(NC(=O)c2ccnc(Br)c2)cc1. The van der Waals surface area contributed by atoms with Crippen molar-refractivity contribution in [3.05, 3.63) is 58.3 Å². The van der Waals surface area contributed by atoms with Gasteiger partial charge in [0.15, 0.2) is 0 Å². The van der Waals surface area contributed by atoms with E-state index in [0.29, 0.717) is 21.4 Å². The van der Waals surface area contributed by atoms with Crippen molar-refractivity contribution in [2.75, 3.05) is 12.4 Å². The second kappa shape index (κ2) is 6.29. The van der Waals surface area contributed by atoms with Crippen LogP contribution < -0.4 is 10.6 Å². The van der Waals surface area contributed by atoms with Gasteiger partial charge in [0, 0.05) is 30.1 Å². The first-order valence-electron chi connectivity index (χ1n) is 5.85. The van der Waals surface area contributed by atoms with E-state index in [2.05, 4.69) is 31.5 Å². The van der Waals surface area contributed by atoms with Crippen molar-refractivity contribution in [2.24, 2.45) is 0 Å². The lowest BCUT2D eigenvalue weighted by atomic mass is 10.2. The van der Waals surface area contributed by atoms with Crippen LogP contribution in [0.15, 0.2) is 47.2 Å². The lowest BCUT2D eigenvalue weighted by Crippen LogP contribution is -2.17. The second-order valence-corrected chi connectivity index (χ2v) is 4.79. The van der Waals surface area contributed by atoms with Crippen LogP contribution in [0, 0.1) is 0 Å². The van der Waals surface area contributed by atoms with E-state index in [4.69, 9.17) is 0 Å². The lowest BCUT2D eigenvalue weighted by molar-refractivity contribution is 0.0962. The maximum absolute atomic E-state index is 12.0. The van der Waals surface area contributed by atoms with Gasteiger partial charge in [-0.1, -0.05) is 0 Å². The Balaban J connectivity index is 2.10. The monoisotopic (exact) mass is 333 g/mol. The van der Waals surface area contributed by atoms with Crippen molar-refractivity contribution in [2.45, 2.75) is 0 Å². The number of halogens is 1. The Hall–Kier alpha value is -2.21. The molecular formula is C14H12BrN3O2. The zero-order valence-electron chi connectivity index (χ0n) is 10.7. The Morgan fingerprint density at radius 1 is 1.05 bits per heavy atom. The number of anilines is 1. The van der Waals surface area contributed by atoms with E-state index in [1.165, 1.54) is 0 Å². The van der Waals surface area contributed by atoms with Gasteiger partial charge in [0.2, 0.25) is 0 Å². The number of pyridine rings is 1. The fraction of sp³-hybridized carbons (Fsp3) is 0.0714. The van der Waals surface area contributed by atoms with Crippen LogP contribution in [0.3, 0.4) is 0 Å². The van der Waals surface area contributed by atoms with Crippen molar-refractivity contribution in [1.82, 2.24) is 10.3 Å². The number of hydrogen-bond donors (Lipinski definition) is 2. The van der Waals surface area contributed by atoms with Crippen LogP contribution in [-0.4, -0.2) is 23.8 Å². The highest BCUT2D eigenvalue weighted by Gasteiger charge is 2.08. The molecule has 1 aromatic carbocycles.